The molecule has 0 aromatic heterocycles. The van der Waals surface area contributed by atoms with Crippen molar-refractivity contribution in [2.45, 2.75) is 136 Å². The molecule has 0 bridgehead atoms. The number of alkyl halides is 2. The van der Waals surface area contributed by atoms with E-state index in [0.29, 0.717) is 17.3 Å². The molecule has 0 aliphatic heterocycles. The van der Waals surface area contributed by atoms with Gasteiger partial charge in [0.2, 0.25) is 6.43 Å². The fourth-order valence-corrected chi connectivity index (χ4v) is 8.80. The van der Waals surface area contributed by atoms with Crippen LogP contribution in [0.1, 0.15) is 112 Å². The molecule has 208 valence electrons. The zero-order valence-electron chi connectivity index (χ0n) is 23.7. The first kappa shape index (κ1) is 28.5. The third kappa shape index (κ3) is 5.32. The van der Waals surface area contributed by atoms with Crippen LogP contribution in [0.5, 0.6) is 0 Å². The lowest BCUT2D eigenvalue weighted by Gasteiger charge is -2.59. The summed E-state index contributed by atoms with van der Waals surface area (Å²) in [5.74, 6) is 2.82. The smallest absolute Gasteiger partial charge is 0.245 e. The van der Waals surface area contributed by atoms with Gasteiger partial charge in [0.15, 0.2) is 0 Å². The van der Waals surface area contributed by atoms with Gasteiger partial charge in [-0.1, -0.05) is 46.6 Å². The Kier molecular flexibility index (Phi) is 8.09. The molecule has 4 rings (SSSR count). The van der Waals surface area contributed by atoms with Gasteiger partial charge in [0.1, 0.15) is 6.10 Å². The third-order valence-corrected chi connectivity index (χ3v) is 11.2. The number of aliphatic hydroxyl groups excluding tert-OH is 1. The van der Waals surface area contributed by atoms with Crippen molar-refractivity contribution in [2.24, 2.45) is 39.9 Å². The van der Waals surface area contributed by atoms with E-state index in [1.165, 1.54) is 52.4 Å². The number of aliphatic hydroxyl groups is 2. The Morgan fingerprint density at radius 1 is 1.03 bits per heavy atom. The number of allylic oxidation sites excluding steroid dienone is 1. The van der Waals surface area contributed by atoms with Gasteiger partial charge < -0.3 is 14.9 Å². The van der Waals surface area contributed by atoms with Crippen molar-refractivity contribution in [3.05, 3.63) is 11.6 Å². The normalized spacial score (nSPS) is 41.0. The van der Waals surface area contributed by atoms with E-state index in [-0.39, 0.29) is 18.1 Å². The van der Waals surface area contributed by atoms with E-state index in [1.807, 2.05) is 13.8 Å². The van der Waals surface area contributed by atoms with Gasteiger partial charge in [0, 0.05) is 5.41 Å². The maximum absolute atomic E-state index is 13.3. The molecule has 0 radical (unpaired) electrons. The van der Waals surface area contributed by atoms with E-state index in [2.05, 4.69) is 19.9 Å². The van der Waals surface area contributed by atoms with Crippen LogP contribution in [0.15, 0.2) is 11.6 Å². The molecule has 0 spiro atoms. The minimum Gasteiger partial charge on any atom is -0.390 e. The van der Waals surface area contributed by atoms with Crippen LogP contribution in [0.3, 0.4) is 0 Å². The zero-order chi connectivity index (χ0) is 26.5. The van der Waals surface area contributed by atoms with E-state index in [9.17, 15) is 19.0 Å². The lowest BCUT2D eigenvalue weighted by atomic mass is 9.47. The van der Waals surface area contributed by atoms with Crippen molar-refractivity contribution in [1.29, 1.82) is 0 Å². The standard InChI is InChI=1S/C31H52F2O3/c1-28(2,27(32)33)19-36-25-15-18-31(6)23-14-17-30(5)20(9-7-8-16-29(3,4)35)10-12-22(30)21(23)11-13-24(31)26(25)34/h13,20-23,25-27,34-35H,7-12,14-19H2,1-6H3. The van der Waals surface area contributed by atoms with Crippen LogP contribution >= 0.6 is 0 Å². The fraction of sp³-hybridized carbons (Fsp3) is 0.935. The molecule has 5 heteroatoms. The summed E-state index contributed by atoms with van der Waals surface area (Å²) in [6.07, 6.45) is 11.2. The van der Waals surface area contributed by atoms with Crippen LogP contribution in [0.2, 0.25) is 0 Å². The molecule has 4 aliphatic carbocycles. The van der Waals surface area contributed by atoms with Gasteiger partial charge in [-0.15, -0.1) is 0 Å². The third-order valence-electron chi connectivity index (χ3n) is 11.2. The molecule has 0 aromatic carbocycles. The second kappa shape index (κ2) is 10.2. The molecule has 3 nitrogen and oxygen atoms in total. The van der Waals surface area contributed by atoms with Crippen molar-refractivity contribution in [3.8, 4) is 0 Å². The lowest BCUT2D eigenvalue weighted by molar-refractivity contribution is -0.123. The molecule has 0 heterocycles. The average molecular weight is 511 g/mol. The first-order valence-electron chi connectivity index (χ1n) is 14.7. The first-order valence-corrected chi connectivity index (χ1v) is 14.7. The topological polar surface area (TPSA) is 49.7 Å². The number of halogens is 2. The molecule has 2 N–H and O–H groups in total. The predicted molar refractivity (Wildman–Crippen MR) is 141 cm³/mol. The molecule has 3 saturated carbocycles. The molecule has 36 heavy (non-hydrogen) atoms. The van der Waals surface area contributed by atoms with Crippen molar-refractivity contribution in [2.75, 3.05) is 6.61 Å². The summed E-state index contributed by atoms with van der Waals surface area (Å²) in [6.45, 7) is 11.8. The average Bonchev–Trinajstić information content (AvgIpc) is 3.12. The monoisotopic (exact) mass is 510 g/mol. The minimum absolute atomic E-state index is 0.00739. The van der Waals surface area contributed by atoms with Crippen molar-refractivity contribution in [3.63, 3.8) is 0 Å². The molecule has 0 aromatic rings. The second-order valence-corrected chi connectivity index (χ2v) is 14.7. The lowest BCUT2D eigenvalue weighted by Crippen LogP contribution is -2.54. The molecular formula is C31H52F2O3. The molecule has 0 amide bonds. The highest BCUT2D eigenvalue weighted by Crippen LogP contribution is 2.66. The SMILES string of the molecule is CC(C)(O)CCCCC1CCC2C3CC=C4C(O)C(OCC(C)(C)C(F)F)CCC4(C)C3CCC12C. The quantitative estimate of drug-likeness (QED) is 0.249. The highest BCUT2D eigenvalue weighted by Gasteiger charge is 2.59. The molecule has 0 saturated heterocycles. The largest absolute Gasteiger partial charge is 0.390 e. The zero-order valence-corrected chi connectivity index (χ0v) is 23.7. The van der Waals surface area contributed by atoms with E-state index < -0.39 is 23.5 Å². The van der Waals surface area contributed by atoms with Crippen LogP contribution in [0.25, 0.3) is 0 Å². The van der Waals surface area contributed by atoms with Crippen LogP contribution in [-0.2, 0) is 4.74 Å². The van der Waals surface area contributed by atoms with Gasteiger partial charge >= 0.3 is 0 Å². The summed E-state index contributed by atoms with van der Waals surface area (Å²) in [6, 6.07) is 0. The van der Waals surface area contributed by atoms with Gasteiger partial charge in [-0.3, -0.25) is 0 Å². The summed E-state index contributed by atoms with van der Waals surface area (Å²) in [4.78, 5) is 0. The van der Waals surface area contributed by atoms with E-state index in [4.69, 9.17) is 4.74 Å². The Balaban J connectivity index is 1.42. The molecule has 3 fully saturated rings. The number of hydrogen-bond donors (Lipinski definition) is 2. The summed E-state index contributed by atoms with van der Waals surface area (Å²) in [7, 11) is 0. The van der Waals surface area contributed by atoms with Gasteiger partial charge in [0.05, 0.1) is 18.3 Å². The van der Waals surface area contributed by atoms with Crippen LogP contribution in [0, 0.1) is 39.9 Å². The van der Waals surface area contributed by atoms with Gasteiger partial charge in [0.25, 0.3) is 0 Å². The minimum atomic E-state index is -2.44. The number of fused-ring (bicyclic) bond motifs is 5. The number of ether oxygens (including phenoxy) is 1. The summed E-state index contributed by atoms with van der Waals surface area (Å²) in [5, 5.41) is 21.4. The Hall–Kier alpha value is -0.520. The maximum atomic E-state index is 13.3. The number of unbranched alkanes of at least 4 members (excludes halogenated alkanes) is 1. The maximum Gasteiger partial charge on any atom is 0.245 e. The first-order chi connectivity index (χ1) is 16.7. The second-order valence-electron chi connectivity index (χ2n) is 14.7. The van der Waals surface area contributed by atoms with Gasteiger partial charge in [-0.2, -0.15) is 0 Å². The molecule has 4 aliphatic rings. The highest BCUT2D eigenvalue weighted by molar-refractivity contribution is 5.29. The predicted octanol–water partition coefficient (Wildman–Crippen LogP) is 7.54. The van der Waals surface area contributed by atoms with Crippen LogP contribution in [-0.4, -0.2) is 41.1 Å². The van der Waals surface area contributed by atoms with Crippen molar-refractivity contribution < 1.29 is 23.7 Å². The van der Waals surface area contributed by atoms with Gasteiger partial charge in [-0.05, 0) is 112 Å². The Morgan fingerprint density at radius 3 is 2.42 bits per heavy atom. The van der Waals surface area contributed by atoms with Crippen LogP contribution < -0.4 is 0 Å². The molecule has 8 atom stereocenters. The Bertz CT molecular complexity index is 802. The summed E-state index contributed by atoms with van der Waals surface area (Å²) >= 11 is 0. The highest BCUT2D eigenvalue weighted by atomic mass is 19.3. The Morgan fingerprint density at radius 2 is 1.75 bits per heavy atom. The number of rotatable bonds is 9. The number of hydrogen-bond acceptors (Lipinski definition) is 3. The molecule has 8 unspecified atom stereocenters. The summed E-state index contributed by atoms with van der Waals surface area (Å²) in [5.41, 5.74) is -0.229. The van der Waals surface area contributed by atoms with Crippen molar-refractivity contribution in [1.82, 2.24) is 0 Å². The fourth-order valence-electron chi connectivity index (χ4n) is 8.80. The summed E-state index contributed by atoms with van der Waals surface area (Å²) < 4.78 is 32.6. The van der Waals surface area contributed by atoms with Crippen molar-refractivity contribution >= 4 is 0 Å². The Labute approximate surface area is 218 Å². The van der Waals surface area contributed by atoms with Gasteiger partial charge in [-0.25, -0.2) is 8.78 Å². The van der Waals surface area contributed by atoms with E-state index in [0.717, 1.165) is 49.5 Å². The molecular weight excluding hydrogens is 458 g/mol. The van der Waals surface area contributed by atoms with Crippen LogP contribution in [0.4, 0.5) is 8.78 Å². The van der Waals surface area contributed by atoms with E-state index in [1.54, 1.807) is 0 Å². The van der Waals surface area contributed by atoms with E-state index >= 15 is 0 Å².